The number of H-pyrrole nitrogens is 1. The first-order valence-electron chi connectivity index (χ1n) is 10.5. The smallest absolute Gasteiger partial charge is 0.410 e. The first-order valence-corrected chi connectivity index (χ1v) is 10.5. The molecule has 2 aliphatic heterocycles. The number of carbonyl (C=O) groups is 1. The van der Waals surface area contributed by atoms with Crippen molar-refractivity contribution < 1.29 is 9.53 Å². The Hall–Kier alpha value is -2.70. The quantitative estimate of drug-likeness (QED) is 0.778. The van der Waals surface area contributed by atoms with Crippen LogP contribution in [0.3, 0.4) is 0 Å². The second-order valence-electron chi connectivity index (χ2n) is 8.83. The highest BCUT2D eigenvalue weighted by molar-refractivity contribution is 5.83. The van der Waals surface area contributed by atoms with E-state index in [-0.39, 0.29) is 12.1 Å². The highest BCUT2D eigenvalue weighted by Crippen LogP contribution is 2.20. The zero-order valence-corrected chi connectivity index (χ0v) is 17.6. The summed E-state index contributed by atoms with van der Waals surface area (Å²) in [6.07, 6.45) is 3.96. The van der Waals surface area contributed by atoms with Gasteiger partial charge < -0.3 is 24.8 Å². The second-order valence-corrected chi connectivity index (χ2v) is 8.83. The van der Waals surface area contributed by atoms with E-state index >= 15 is 0 Å². The van der Waals surface area contributed by atoms with Gasteiger partial charge >= 0.3 is 6.09 Å². The number of nitrogens with one attached hydrogen (secondary N) is 2. The Balaban J connectivity index is 1.23. The van der Waals surface area contributed by atoms with Crippen LogP contribution in [0.4, 0.5) is 4.79 Å². The summed E-state index contributed by atoms with van der Waals surface area (Å²) in [6.45, 7) is 9.44. The number of aliphatic imine (C=N–C) groups is 1. The van der Waals surface area contributed by atoms with E-state index in [2.05, 4.69) is 50.7 Å². The third-order valence-electron chi connectivity index (χ3n) is 5.44. The Morgan fingerprint density at radius 1 is 1.31 bits per heavy atom. The summed E-state index contributed by atoms with van der Waals surface area (Å²) in [5.74, 6) is 0.970. The Morgan fingerprint density at radius 2 is 2.14 bits per heavy atom. The van der Waals surface area contributed by atoms with Gasteiger partial charge in [-0.2, -0.15) is 0 Å². The van der Waals surface area contributed by atoms with E-state index < -0.39 is 5.60 Å². The normalized spacial score (nSPS) is 19.3. The topological polar surface area (TPSA) is 73.0 Å². The van der Waals surface area contributed by atoms with Crippen LogP contribution in [-0.4, -0.2) is 71.2 Å². The van der Waals surface area contributed by atoms with Gasteiger partial charge in [-0.15, -0.1) is 0 Å². The standard InChI is InChI=1S/C22H31N5O2/c1-22(2,3)29-21(28)26-11-12-27-17(15-26)14-25-20(27)23-10-6-7-16-13-24-19-9-5-4-8-18(16)19/h4-5,8-9,13,17,24H,6-7,10-12,14-15H2,1-3H3,(H,23,25). The van der Waals surface area contributed by atoms with Crippen LogP contribution in [0.25, 0.3) is 10.9 Å². The zero-order chi connectivity index (χ0) is 20.4. The van der Waals surface area contributed by atoms with Crippen LogP contribution in [0.1, 0.15) is 32.8 Å². The molecule has 1 saturated heterocycles. The molecule has 0 bridgehead atoms. The Bertz CT molecular complexity index is 898. The molecule has 0 spiro atoms. The number of rotatable bonds is 4. The van der Waals surface area contributed by atoms with Crippen LogP contribution in [0.2, 0.25) is 0 Å². The minimum absolute atomic E-state index is 0.225. The summed E-state index contributed by atoms with van der Waals surface area (Å²) in [4.78, 5) is 24.5. The van der Waals surface area contributed by atoms with Crippen LogP contribution < -0.4 is 5.32 Å². The zero-order valence-electron chi connectivity index (χ0n) is 17.6. The number of aromatic nitrogens is 1. The first-order chi connectivity index (χ1) is 13.9. The van der Waals surface area contributed by atoms with Gasteiger partial charge in [-0.1, -0.05) is 18.2 Å². The largest absolute Gasteiger partial charge is 0.444 e. The van der Waals surface area contributed by atoms with Crippen LogP contribution in [0, 0.1) is 0 Å². The Morgan fingerprint density at radius 3 is 2.97 bits per heavy atom. The molecular weight excluding hydrogens is 366 g/mol. The van der Waals surface area contributed by atoms with E-state index in [0.717, 1.165) is 38.4 Å². The first kappa shape index (κ1) is 19.6. The van der Waals surface area contributed by atoms with E-state index in [1.54, 1.807) is 0 Å². The fourth-order valence-corrected chi connectivity index (χ4v) is 4.04. The SMILES string of the molecule is CC(C)(C)OC(=O)N1CCN2C(NCCCc3c[nH]c4ccccc34)=NCC2C1. The van der Waals surface area contributed by atoms with Crippen LogP contribution in [0.5, 0.6) is 0 Å². The molecule has 1 aromatic carbocycles. The molecule has 2 N–H and O–H groups in total. The molecule has 1 aromatic heterocycles. The molecule has 7 heteroatoms. The van der Waals surface area contributed by atoms with Crippen molar-refractivity contribution in [2.24, 2.45) is 4.99 Å². The predicted octanol–water partition coefficient (Wildman–Crippen LogP) is 2.98. The maximum absolute atomic E-state index is 12.3. The summed E-state index contributed by atoms with van der Waals surface area (Å²) in [5.41, 5.74) is 2.10. The molecule has 1 fully saturated rings. The van der Waals surface area contributed by atoms with E-state index in [4.69, 9.17) is 4.74 Å². The van der Waals surface area contributed by atoms with Gasteiger partial charge in [0.25, 0.3) is 0 Å². The minimum Gasteiger partial charge on any atom is -0.444 e. The molecule has 29 heavy (non-hydrogen) atoms. The number of aryl methyl sites for hydroxylation is 1. The maximum atomic E-state index is 12.3. The summed E-state index contributed by atoms with van der Waals surface area (Å²) >= 11 is 0. The number of fused-ring (bicyclic) bond motifs is 2. The molecule has 3 heterocycles. The molecule has 156 valence electrons. The lowest BCUT2D eigenvalue weighted by Crippen LogP contribution is -2.57. The lowest BCUT2D eigenvalue weighted by atomic mass is 10.1. The minimum atomic E-state index is -0.460. The molecule has 1 atom stereocenters. The lowest BCUT2D eigenvalue weighted by Gasteiger charge is -2.39. The molecular formula is C22H31N5O2. The average Bonchev–Trinajstić information content (AvgIpc) is 3.27. The average molecular weight is 398 g/mol. The van der Waals surface area contributed by atoms with Crippen molar-refractivity contribution in [1.82, 2.24) is 20.1 Å². The fraction of sp³-hybridized carbons (Fsp3) is 0.545. The van der Waals surface area contributed by atoms with Crippen molar-refractivity contribution in [3.63, 3.8) is 0 Å². The molecule has 1 unspecified atom stereocenters. The van der Waals surface area contributed by atoms with Crippen molar-refractivity contribution >= 4 is 23.0 Å². The van der Waals surface area contributed by atoms with Crippen LogP contribution >= 0.6 is 0 Å². The van der Waals surface area contributed by atoms with Gasteiger partial charge in [-0.25, -0.2) is 4.79 Å². The summed E-state index contributed by atoms with van der Waals surface area (Å²) in [7, 11) is 0. The van der Waals surface area contributed by atoms with E-state index in [1.165, 1.54) is 16.5 Å². The van der Waals surface area contributed by atoms with E-state index in [1.807, 2.05) is 25.7 Å². The number of amides is 1. The maximum Gasteiger partial charge on any atom is 0.410 e. The predicted molar refractivity (Wildman–Crippen MR) is 115 cm³/mol. The van der Waals surface area contributed by atoms with Crippen LogP contribution in [0.15, 0.2) is 35.5 Å². The number of benzene rings is 1. The van der Waals surface area contributed by atoms with Gasteiger partial charge in [0.05, 0.1) is 12.6 Å². The van der Waals surface area contributed by atoms with Crippen molar-refractivity contribution in [2.75, 3.05) is 32.7 Å². The summed E-state index contributed by atoms with van der Waals surface area (Å²) < 4.78 is 5.51. The van der Waals surface area contributed by atoms with E-state index in [9.17, 15) is 4.79 Å². The van der Waals surface area contributed by atoms with Gasteiger partial charge in [-0.05, 0) is 45.2 Å². The lowest BCUT2D eigenvalue weighted by molar-refractivity contribution is 0.0137. The molecule has 2 aromatic rings. The number of ether oxygens (including phenoxy) is 1. The number of hydrogen-bond acceptors (Lipinski definition) is 5. The molecule has 4 rings (SSSR count). The molecule has 0 radical (unpaired) electrons. The number of piperazine rings is 1. The molecule has 7 nitrogen and oxygen atoms in total. The van der Waals surface area contributed by atoms with Gasteiger partial charge in [0.15, 0.2) is 5.96 Å². The number of nitrogens with zero attached hydrogens (tertiary/aromatic N) is 3. The number of aromatic amines is 1. The number of carbonyl (C=O) groups excluding carboxylic acids is 1. The number of hydrogen-bond donors (Lipinski definition) is 2. The highest BCUT2D eigenvalue weighted by Gasteiger charge is 2.36. The van der Waals surface area contributed by atoms with E-state index in [0.29, 0.717) is 13.1 Å². The summed E-state index contributed by atoms with van der Waals surface area (Å²) in [5, 5.41) is 4.81. The van der Waals surface area contributed by atoms with Gasteiger partial charge in [0.1, 0.15) is 5.60 Å². The van der Waals surface area contributed by atoms with Crippen molar-refractivity contribution in [1.29, 1.82) is 0 Å². The van der Waals surface area contributed by atoms with Crippen LogP contribution in [-0.2, 0) is 11.2 Å². The third-order valence-corrected chi connectivity index (χ3v) is 5.44. The van der Waals surface area contributed by atoms with Crippen molar-refractivity contribution in [2.45, 2.75) is 45.3 Å². The second kappa shape index (κ2) is 7.97. The Labute approximate surface area is 172 Å². The third kappa shape index (κ3) is 4.49. The van der Waals surface area contributed by atoms with Crippen molar-refractivity contribution in [3.05, 3.63) is 36.0 Å². The van der Waals surface area contributed by atoms with Crippen molar-refractivity contribution in [3.8, 4) is 0 Å². The molecule has 0 aliphatic carbocycles. The fourth-order valence-electron chi connectivity index (χ4n) is 4.04. The highest BCUT2D eigenvalue weighted by atomic mass is 16.6. The summed E-state index contributed by atoms with van der Waals surface area (Å²) in [6, 6.07) is 8.67. The van der Waals surface area contributed by atoms with Gasteiger partial charge in [-0.3, -0.25) is 4.99 Å². The van der Waals surface area contributed by atoms with Gasteiger partial charge in [0.2, 0.25) is 0 Å². The molecule has 0 saturated carbocycles. The Kier molecular flexibility index (Phi) is 5.39. The molecule has 1 amide bonds. The number of guanidine groups is 1. The molecule has 2 aliphatic rings. The van der Waals surface area contributed by atoms with Gasteiger partial charge in [0, 0.05) is 43.3 Å². The number of para-hydroxylation sites is 1. The monoisotopic (exact) mass is 397 g/mol.